The molecule has 0 atom stereocenters. The van der Waals surface area contributed by atoms with Crippen LogP contribution in [0.5, 0.6) is 0 Å². The number of ketones is 1. The Morgan fingerprint density at radius 2 is 1.81 bits per heavy atom. The number of nitrogens with zero attached hydrogens (tertiary/aromatic N) is 3. The lowest BCUT2D eigenvalue weighted by atomic mass is 10.1. The van der Waals surface area contributed by atoms with Crippen LogP contribution in [0.2, 0.25) is 0 Å². The van der Waals surface area contributed by atoms with Crippen LogP contribution >= 0.6 is 0 Å². The zero-order chi connectivity index (χ0) is 14.2. The van der Waals surface area contributed by atoms with Gasteiger partial charge in [-0.15, -0.1) is 0 Å². The van der Waals surface area contributed by atoms with Gasteiger partial charge in [-0.05, 0) is 24.3 Å². The summed E-state index contributed by atoms with van der Waals surface area (Å²) < 4.78 is 1.90. The maximum Gasteiger partial charge on any atom is 0.213 e. The van der Waals surface area contributed by atoms with E-state index in [2.05, 4.69) is 9.97 Å². The molecule has 0 N–H and O–H groups in total. The molecule has 0 fully saturated rings. The Morgan fingerprint density at radius 3 is 2.67 bits per heavy atom. The zero-order valence-corrected chi connectivity index (χ0v) is 11.1. The van der Waals surface area contributed by atoms with Crippen molar-refractivity contribution in [2.45, 2.75) is 0 Å². The molecule has 0 amide bonds. The minimum Gasteiger partial charge on any atom is -0.298 e. The molecule has 4 rings (SSSR count). The highest BCUT2D eigenvalue weighted by molar-refractivity contribution is 6.12. The first-order valence-electron chi connectivity index (χ1n) is 6.66. The molecule has 0 aliphatic carbocycles. The van der Waals surface area contributed by atoms with E-state index in [-0.39, 0.29) is 5.78 Å². The van der Waals surface area contributed by atoms with Gasteiger partial charge in [0.2, 0.25) is 5.78 Å². The van der Waals surface area contributed by atoms with Crippen LogP contribution in [0.4, 0.5) is 0 Å². The predicted octanol–water partition coefficient (Wildman–Crippen LogP) is 3.11. The maximum absolute atomic E-state index is 12.7. The fourth-order valence-electron chi connectivity index (χ4n) is 2.49. The first-order chi connectivity index (χ1) is 10.3. The summed E-state index contributed by atoms with van der Waals surface area (Å²) in [6.07, 6.45) is 3.62. The second kappa shape index (κ2) is 4.52. The second-order valence-corrected chi connectivity index (χ2v) is 4.77. The van der Waals surface area contributed by atoms with Crippen molar-refractivity contribution in [3.63, 3.8) is 0 Å². The average Bonchev–Trinajstić information content (AvgIpc) is 3.04. The topological polar surface area (TPSA) is 47.3 Å². The van der Waals surface area contributed by atoms with Crippen LogP contribution in [-0.2, 0) is 0 Å². The summed E-state index contributed by atoms with van der Waals surface area (Å²) in [7, 11) is 0. The van der Waals surface area contributed by atoms with E-state index in [1.54, 1.807) is 18.3 Å². The number of carbonyl (C=O) groups excluding carboxylic acids is 1. The quantitative estimate of drug-likeness (QED) is 0.527. The molecule has 0 spiro atoms. The fourth-order valence-corrected chi connectivity index (χ4v) is 2.49. The van der Waals surface area contributed by atoms with E-state index in [0.717, 1.165) is 11.2 Å². The van der Waals surface area contributed by atoms with Gasteiger partial charge in [0.1, 0.15) is 11.2 Å². The van der Waals surface area contributed by atoms with Crippen molar-refractivity contribution in [1.29, 1.82) is 0 Å². The first-order valence-corrected chi connectivity index (χ1v) is 6.66. The van der Waals surface area contributed by atoms with Gasteiger partial charge < -0.3 is 0 Å². The summed E-state index contributed by atoms with van der Waals surface area (Å²) in [4.78, 5) is 21.6. The highest BCUT2D eigenvalue weighted by Crippen LogP contribution is 2.19. The van der Waals surface area contributed by atoms with E-state index < -0.39 is 0 Å². The minimum atomic E-state index is -0.0787. The molecule has 0 saturated carbocycles. The molecule has 3 heterocycles. The van der Waals surface area contributed by atoms with Crippen molar-refractivity contribution in [3.05, 3.63) is 78.2 Å². The lowest BCUT2D eigenvalue weighted by Gasteiger charge is -2.07. The SMILES string of the molecule is O=C(c1ccccc1)c1nc2cccnc2n2cccc12. The molecule has 0 unspecified atom stereocenters. The van der Waals surface area contributed by atoms with Crippen molar-refractivity contribution in [1.82, 2.24) is 14.4 Å². The van der Waals surface area contributed by atoms with E-state index in [0.29, 0.717) is 16.8 Å². The summed E-state index contributed by atoms with van der Waals surface area (Å²) in [6.45, 7) is 0. The molecular weight excluding hydrogens is 262 g/mol. The molecule has 0 saturated heterocycles. The highest BCUT2D eigenvalue weighted by Gasteiger charge is 2.16. The maximum atomic E-state index is 12.7. The summed E-state index contributed by atoms with van der Waals surface area (Å²) in [6, 6.07) is 16.7. The van der Waals surface area contributed by atoms with Crippen molar-refractivity contribution in [3.8, 4) is 0 Å². The number of benzene rings is 1. The molecule has 3 aromatic heterocycles. The number of aromatic nitrogens is 3. The minimum absolute atomic E-state index is 0.0787. The molecule has 4 nitrogen and oxygen atoms in total. The summed E-state index contributed by atoms with van der Waals surface area (Å²) >= 11 is 0. The van der Waals surface area contributed by atoms with Crippen molar-refractivity contribution in [2.24, 2.45) is 0 Å². The Bertz CT molecular complexity index is 958. The van der Waals surface area contributed by atoms with Crippen molar-refractivity contribution >= 4 is 22.5 Å². The second-order valence-electron chi connectivity index (χ2n) is 4.77. The van der Waals surface area contributed by atoms with Crippen molar-refractivity contribution in [2.75, 3.05) is 0 Å². The Morgan fingerprint density at radius 1 is 0.952 bits per heavy atom. The van der Waals surface area contributed by atoms with Gasteiger partial charge in [0, 0.05) is 18.0 Å². The molecule has 100 valence electrons. The number of pyridine rings is 1. The molecule has 21 heavy (non-hydrogen) atoms. The van der Waals surface area contributed by atoms with E-state index in [9.17, 15) is 4.79 Å². The molecule has 0 radical (unpaired) electrons. The van der Waals surface area contributed by atoms with Crippen LogP contribution in [0, 0.1) is 0 Å². The van der Waals surface area contributed by atoms with E-state index >= 15 is 0 Å². The average molecular weight is 273 g/mol. The van der Waals surface area contributed by atoms with Crippen LogP contribution in [0.25, 0.3) is 16.7 Å². The van der Waals surface area contributed by atoms with Crippen LogP contribution in [0.3, 0.4) is 0 Å². The van der Waals surface area contributed by atoms with Gasteiger partial charge in [-0.2, -0.15) is 0 Å². The van der Waals surface area contributed by atoms with E-state index in [4.69, 9.17) is 0 Å². The molecule has 1 aromatic carbocycles. The van der Waals surface area contributed by atoms with Gasteiger partial charge >= 0.3 is 0 Å². The van der Waals surface area contributed by atoms with Crippen LogP contribution in [0.1, 0.15) is 16.1 Å². The molecular formula is C17H11N3O. The first kappa shape index (κ1) is 11.8. The number of hydrogen-bond donors (Lipinski definition) is 0. The highest BCUT2D eigenvalue weighted by atomic mass is 16.1. The van der Waals surface area contributed by atoms with Crippen LogP contribution < -0.4 is 0 Å². The summed E-state index contributed by atoms with van der Waals surface area (Å²) in [5.41, 5.74) is 3.32. The fraction of sp³-hybridized carbons (Fsp3) is 0. The Labute approximate surface area is 120 Å². The third-order valence-corrected chi connectivity index (χ3v) is 3.47. The number of carbonyl (C=O) groups is 1. The van der Waals surface area contributed by atoms with Crippen molar-refractivity contribution < 1.29 is 4.79 Å². The molecule has 4 heteroatoms. The third kappa shape index (κ3) is 1.80. The van der Waals surface area contributed by atoms with Gasteiger partial charge in [0.15, 0.2) is 5.65 Å². The molecule has 4 aromatic rings. The van der Waals surface area contributed by atoms with Gasteiger partial charge in [0.05, 0.1) is 5.52 Å². The normalized spacial score (nSPS) is 11.0. The number of rotatable bonds is 2. The van der Waals surface area contributed by atoms with Gasteiger partial charge in [-0.25, -0.2) is 9.97 Å². The van der Waals surface area contributed by atoms with Crippen LogP contribution in [-0.4, -0.2) is 20.2 Å². The van der Waals surface area contributed by atoms with E-state index in [1.807, 2.05) is 53.1 Å². The summed E-state index contributed by atoms with van der Waals surface area (Å²) in [5.74, 6) is -0.0787. The lowest BCUT2D eigenvalue weighted by Crippen LogP contribution is -2.07. The molecule has 0 bridgehead atoms. The standard InChI is InChI=1S/C17H11N3O/c21-16(12-6-2-1-3-7-12)15-14-9-5-11-20(14)17-13(19-15)8-4-10-18-17/h1-11H. The van der Waals surface area contributed by atoms with E-state index in [1.165, 1.54) is 0 Å². The monoisotopic (exact) mass is 273 g/mol. The smallest absolute Gasteiger partial charge is 0.213 e. The van der Waals surface area contributed by atoms with Gasteiger partial charge in [-0.1, -0.05) is 30.3 Å². The largest absolute Gasteiger partial charge is 0.298 e. The van der Waals surface area contributed by atoms with Gasteiger partial charge in [0.25, 0.3) is 0 Å². The Balaban J connectivity index is 2.03. The lowest BCUT2D eigenvalue weighted by molar-refractivity contribution is 0.103. The third-order valence-electron chi connectivity index (χ3n) is 3.47. The Kier molecular flexibility index (Phi) is 2.54. The summed E-state index contributed by atoms with van der Waals surface area (Å²) in [5, 5.41) is 0. The number of fused-ring (bicyclic) bond motifs is 3. The Hall–Kier alpha value is -3.01. The van der Waals surface area contributed by atoms with Crippen LogP contribution in [0.15, 0.2) is 67.0 Å². The van der Waals surface area contributed by atoms with Gasteiger partial charge in [-0.3, -0.25) is 9.20 Å². The number of hydrogen-bond acceptors (Lipinski definition) is 3. The zero-order valence-electron chi connectivity index (χ0n) is 11.1. The molecule has 0 aliphatic rings. The predicted molar refractivity (Wildman–Crippen MR) is 80.4 cm³/mol. The molecule has 0 aliphatic heterocycles.